The molecule has 2 rings (SSSR count). The molecular weight excluding hydrogens is 258 g/mol. The molecule has 0 spiro atoms. The zero-order valence-electron chi connectivity index (χ0n) is 11.8. The molecule has 0 aromatic heterocycles. The van der Waals surface area contributed by atoms with Crippen molar-refractivity contribution in [2.45, 2.75) is 38.7 Å². The summed E-state index contributed by atoms with van der Waals surface area (Å²) in [5.74, 6) is -1.17. The van der Waals surface area contributed by atoms with Gasteiger partial charge < -0.3 is 9.84 Å². The Morgan fingerprint density at radius 1 is 1.30 bits per heavy atom. The van der Waals surface area contributed by atoms with Crippen LogP contribution in [0.2, 0.25) is 0 Å². The lowest BCUT2D eigenvalue weighted by Gasteiger charge is -2.20. The number of hydrogen-bond acceptors (Lipinski definition) is 3. The Balaban J connectivity index is 2.10. The quantitative estimate of drug-likeness (QED) is 0.889. The molecule has 1 aromatic rings. The normalized spacial score (nSPS) is 21.1. The van der Waals surface area contributed by atoms with Crippen LogP contribution in [-0.2, 0) is 9.53 Å². The molecule has 5 nitrogen and oxygen atoms in total. The molecule has 1 aromatic carbocycles. The summed E-state index contributed by atoms with van der Waals surface area (Å²) in [6.07, 6.45) is 0.0833. The number of ether oxygens (including phenoxy) is 1. The molecule has 1 aliphatic rings. The Labute approximate surface area is 117 Å². The van der Waals surface area contributed by atoms with Gasteiger partial charge in [-0.3, -0.25) is 10.1 Å². The molecule has 2 atom stereocenters. The first-order chi connectivity index (χ1) is 9.28. The van der Waals surface area contributed by atoms with Gasteiger partial charge in [-0.15, -0.1) is 0 Å². The van der Waals surface area contributed by atoms with Gasteiger partial charge >= 0.3 is 12.1 Å². The van der Waals surface area contributed by atoms with Crippen LogP contribution in [-0.4, -0.2) is 22.8 Å². The molecule has 1 aliphatic carbocycles. The second-order valence-corrected chi connectivity index (χ2v) is 6.00. The van der Waals surface area contributed by atoms with Crippen molar-refractivity contribution in [2.24, 2.45) is 5.92 Å². The van der Waals surface area contributed by atoms with Crippen molar-refractivity contribution in [3.63, 3.8) is 0 Å². The topological polar surface area (TPSA) is 75.6 Å². The van der Waals surface area contributed by atoms with Crippen LogP contribution in [0.1, 0.15) is 38.7 Å². The zero-order chi connectivity index (χ0) is 14.9. The number of nitrogens with one attached hydrogen (secondary N) is 1. The number of para-hydroxylation sites is 1. The standard InChI is InChI=1S/C15H19NO4/c1-15(2,3)20-14(19)16-12-7-5-4-6-9(12)10-8-11(10)13(17)18/h4-7,10-11H,8H2,1-3H3,(H,16,19)(H,17,18)/t10-,11+/m0/s1. The molecule has 0 saturated heterocycles. The fourth-order valence-electron chi connectivity index (χ4n) is 2.16. The zero-order valence-corrected chi connectivity index (χ0v) is 11.8. The number of carboxylic acids is 1. The molecule has 5 heteroatoms. The number of carbonyl (C=O) groups excluding carboxylic acids is 1. The van der Waals surface area contributed by atoms with E-state index in [4.69, 9.17) is 9.84 Å². The van der Waals surface area contributed by atoms with E-state index in [1.54, 1.807) is 32.9 Å². The number of hydrogen-bond donors (Lipinski definition) is 2. The second-order valence-electron chi connectivity index (χ2n) is 6.00. The molecule has 1 amide bonds. The van der Waals surface area contributed by atoms with E-state index in [9.17, 15) is 9.59 Å². The number of amides is 1. The summed E-state index contributed by atoms with van der Waals surface area (Å²) in [5.41, 5.74) is 0.906. The minimum absolute atomic E-state index is 0.0290. The number of rotatable bonds is 3. The summed E-state index contributed by atoms with van der Waals surface area (Å²) in [6, 6.07) is 7.25. The van der Waals surface area contributed by atoms with Crippen LogP contribution in [0.15, 0.2) is 24.3 Å². The Hall–Kier alpha value is -2.04. The molecule has 0 unspecified atom stereocenters. The highest BCUT2D eigenvalue weighted by atomic mass is 16.6. The number of carboxylic acid groups (broad SMARTS) is 1. The summed E-state index contributed by atoms with van der Waals surface area (Å²) in [6.45, 7) is 5.37. The SMILES string of the molecule is CC(C)(C)OC(=O)Nc1ccccc1[C@@H]1C[C@H]1C(=O)O. The van der Waals surface area contributed by atoms with E-state index in [1.807, 2.05) is 12.1 Å². The van der Waals surface area contributed by atoms with Crippen LogP contribution >= 0.6 is 0 Å². The second kappa shape index (κ2) is 5.15. The molecule has 0 bridgehead atoms. The third kappa shape index (κ3) is 3.50. The first-order valence-electron chi connectivity index (χ1n) is 6.59. The van der Waals surface area contributed by atoms with Crippen molar-refractivity contribution >= 4 is 17.7 Å². The van der Waals surface area contributed by atoms with E-state index >= 15 is 0 Å². The van der Waals surface area contributed by atoms with Crippen molar-refractivity contribution in [1.29, 1.82) is 0 Å². The van der Waals surface area contributed by atoms with E-state index in [2.05, 4.69) is 5.32 Å². The van der Waals surface area contributed by atoms with Gasteiger partial charge in [0.2, 0.25) is 0 Å². The van der Waals surface area contributed by atoms with E-state index < -0.39 is 17.7 Å². The van der Waals surface area contributed by atoms with Gasteiger partial charge in [0.05, 0.1) is 5.92 Å². The summed E-state index contributed by atoms with van der Waals surface area (Å²) in [7, 11) is 0. The number of benzene rings is 1. The minimum atomic E-state index is -0.790. The van der Waals surface area contributed by atoms with E-state index in [0.717, 1.165) is 5.56 Å². The lowest BCUT2D eigenvalue weighted by molar-refractivity contribution is -0.138. The maximum atomic E-state index is 11.8. The molecule has 20 heavy (non-hydrogen) atoms. The van der Waals surface area contributed by atoms with E-state index in [0.29, 0.717) is 12.1 Å². The molecule has 108 valence electrons. The largest absolute Gasteiger partial charge is 0.481 e. The van der Waals surface area contributed by atoms with Crippen LogP contribution < -0.4 is 5.32 Å². The monoisotopic (exact) mass is 277 g/mol. The van der Waals surface area contributed by atoms with Crippen LogP contribution in [0.5, 0.6) is 0 Å². The summed E-state index contributed by atoms with van der Waals surface area (Å²) in [4.78, 5) is 22.7. The lowest BCUT2D eigenvalue weighted by Crippen LogP contribution is -2.27. The first-order valence-corrected chi connectivity index (χ1v) is 6.59. The maximum Gasteiger partial charge on any atom is 0.412 e. The molecule has 0 radical (unpaired) electrons. The van der Waals surface area contributed by atoms with Gasteiger partial charge in [0, 0.05) is 11.6 Å². The molecule has 2 N–H and O–H groups in total. The van der Waals surface area contributed by atoms with Crippen molar-refractivity contribution in [2.75, 3.05) is 5.32 Å². The van der Waals surface area contributed by atoms with Gasteiger partial charge in [0.1, 0.15) is 5.60 Å². The van der Waals surface area contributed by atoms with Crippen LogP contribution in [0.3, 0.4) is 0 Å². The van der Waals surface area contributed by atoms with Crippen molar-refractivity contribution in [3.8, 4) is 0 Å². The summed E-state index contributed by atoms with van der Waals surface area (Å²) >= 11 is 0. The molecule has 1 fully saturated rings. The van der Waals surface area contributed by atoms with Gasteiger partial charge in [-0.1, -0.05) is 18.2 Å². The minimum Gasteiger partial charge on any atom is -0.481 e. The van der Waals surface area contributed by atoms with Gasteiger partial charge in [-0.2, -0.15) is 0 Å². The number of carbonyl (C=O) groups is 2. The van der Waals surface area contributed by atoms with Crippen LogP contribution in [0.4, 0.5) is 10.5 Å². The Bertz CT molecular complexity index is 533. The van der Waals surface area contributed by atoms with Crippen LogP contribution in [0.25, 0.3) is 0 Å². The smallest absolute Gasteiger partial charge is 0.412 e. The van der Waals surface area contributed by atoms with Crippen molar-refractivity contribution in [3.05, 3.63) is 29.8 Å². The lowest BCUT2D eigenvalue weighted by atomic mass is 10.1. The fraction of sp³-hybridized carbons (Fsp3) is 0.467. The van der Waals surface area contributed by atoms with E-state index in [1.165, 1.54) is 0 Å². The van der Waals surface area contributed by atoms with E-state index in [-0.39, 0.29) is 11.8 Å². The fourth-order valence-corrected chi connectivity index (χ4v) is 2.16. The maximum absolute atomic E-state index is 11.8. The molecule has 0 aliphatic heterocycles. The number of anilines is 1. The van der Waals surface area contributed by atoms with Gasteiger partial charge in [-0.05, 0) is 38.8 Å². The van der Waals surface area contributed by atoms with Gasteiger partial charge in [-0.25, -0.2) is 4.79 Å². The van der Waals surface area contributed by atoms with Crippen molar-refractivity contribution < 1.29 is 19.4 Å². The van der Waals surface area contributed by atoms with Gasteiger partial charge in [0.15, 0.2) is 0 Å². The first kappa shape index (κ1) is 14.4. The Morgan fingerprint density at radius 2 is 1.95 bits per heavy atom. The third-order valence-corrected chi connectivity index (χ3v) is 3.10. The highest BCUT2D eigenvalue weighted by Gasteiger charge is 2.45. The average Bonchev–Trinajstić information content (AvgIpc) is 3.06. The summed E-state index contributed by atoms with van der Waals surface area (Å²) in [5, 5.41) is 11.7. The molecular formula is C15H19NO4. The third-order valence-electron chi connectivity index (χ3n) is 3.10. The highest BCUT2D eigenvalue weighted by Crippen LogP contribution is 2.49. The van der Waals surface area contributed by atoms with Gasteiger partial charge in [0.25, 0.3) is 0 Å². The van der Waals surface area contributed by atoms with Crippen molar-refractivity contribution in [1.82, 2.24) is 0 Å². The van der Waals surface area contributed by atoms with Crippen LogP contribution in [0, 0.1) is 5.92 Å². The molecule has 0 heterocycles. The number of aliphatic carboxylic acids is 1. The Morgan fingerprint density at radius 3 is 2.50 bits per heavy atom. The average molecular weight is 277 g/mol. The Kier molecular flexibility index (Phi) is 3.70. The highest BCUT2D eigenvalue weighted by molar-refractivity contribution is 5.87. The molecule has 1 saturated carbocycles. The predicted molar refractivity (Wildman–Crippen MR) is 74.8 cm³/mol. The summed E-state index contributed by atoms with van der Waals surface area (Å²) < 4.78 is 5.20. The predicted octanol–water partition coefficient (Wildman–Crippen LogP) is 3.22.